The zero-order valence-electron chi connectivity index (χ0n) is 10.3. The minimum Gasteiger partial charge on any atom is -0.464 e. The van der Waals surface area contributed by atoms with Crippen molar-refractivity contribution in [2.75, 3.05) is 5.75 Å². The first-order valence-electron chi connectivity index (χ1n) is 5.67. The normalized spacial score (nSPS) is 12.3. The number of rotatable bonds is 5. The van der Waals surface area contributed by atoms with E-state index in [0.717, 1.165) is 15.7 Å². The fourth-order valence-electron chi connectivity index (χ4n) is 1.52. The smallest absolute Gasteiger partial charge is 0.230 e. The Hall–Kier alpha value is -1.20. The van der Waals surface area contributed by atoms with E-state index in [1.165, 1.54) is 0 Å². The van der Waals surface area contributed by atoms with E-state index in [1.54, 1.807) is 23.1 Å². The number of hydrogen-bond acceptors (Lipinski definition) is 4. The quantitative estimate of drug-likeness (QED) is 0.851. The standard InChI is InChI=1S/C13H15NO2S2/c1-9-5-6-11(16-9)10(2)14-12(15)8-18-13-4-3-7-17-13/h3-7,10H,8H2,1-2H3,(H,14,15)/t10-/m0/s1. The van der Waals surface area contributed by atoms with Gasteiger partial charge in [-0.3, -0.25) is 4.79 Å². The molecule has 2 aromatic rings. The number of amides is 1. The molecule has 0 saturated heterocycles. The van der Waals surface area contributed by atoms with Gasteiger partial charge in [0.15, 0.2) is 0 Å². The van der Waals surface area contributed by atoms with E-state index < -0.39 is 0 Å². The minimum absolute atomic E-state index is 0.0231. The van der Waals surface area contributed by atoms with Gasteiger partial charge >= 0.3 is 0 Å². The van der Waals surface area contributed by atoms with E-state index in [2.05, 4.69) is 5.32 Å². The molecule has 5 heteroatoms. The lowest BCUT2D eigenvalue weighted by molar-refractivity contribution is -0.119. The predicted octanol–water partition coefficient (Wildman–Crippen LogP) is 3.62. The third-order valence-electron chi connectivity index (χ3n) is 2.41. The Morgan fingerprint density at radius 3 is 2.94 bits per heavy atom. The van der Waals surface area contributed by atoms with Crippen molar-refractivity contribution >= 4 is 29.0 Å². The van der Waals surface area contributed by atoms with Gasteiger partial charge < -0.3 is 9.73 Å². The molecule has 0 aliphatic heterocycles. The number of aryl methyl sites for hydroxylation is 1. The van der Waals surface area contributed by atoms with Crippen LogP contribution in [0.3, 0.4) is 0 Å². The van der Waals surface area contributed by atoms with Crippen LogP contribution in [0.4, 0.5) is 0 Å². The van der Waals surface area contributed by atoms with Crippen LogP contribution in [0.25, 0.3) is 0 Å². The number of carbonyl (C=O) groups is 1. The highest BCUT2D eigenvalue weighted by molar-refractivity contribution is 8.01. The van der Waals surface area contributed by atoms with Gasteiger partial charge in [-0.1, -0.05) is 6.07 Å². The molecule has 0 spiro atoms. The van der Waals surface area contributed by atoms with Crippen LogP contribution >= 0.6 is 23.1 Å². The van der Waals surface area contributed by atoms with Gasteiger partial charge in [0.1, 0.15) is 11.5 Å². The first kappa shape index (κ1) is 13.2. The maximum absolute atomic E-state index is 11.8. The molecule has 0 aromatic carbocycles. The average molecular weight is 281 g/mol. The van der Waals surface area contributed by atoms with Crippen molar-refractivity contribution in [3.8, 4) is 0 Å². The maximum Gasteiger partial charge on any atom is 0.230 e. The summed E-state index contributed by atoms with van der Waals surface area (Å²) in [5.41, 5.74) is 0. The average Bonchev–Trinajstić information content (AvgIpc) is 2.97. The Morgan fingerprint density at radius 2 is 2.33 bits per heavy atom. The van der Waals surface area contributed by atoms with E-state index >= 15 is 0 Å². The molecule has 0 fully saturated rings. The van der Waals surface area contributed by atoms with Gasteiger partial charge in [-0.05, 0) is 37.4 Å². The zero-order chi connectivity index (χ0) is 13.0. The van der Waals surface area contributed by atoms with Gasteiger partial charge in [-0.2, -0.15) is 0 Å². The molecule has 2 heterocycles. The summed E-state index contributed by atoms with van der Waals surface area (Å²) in [4.78, 5) is 11.8. The summed E-state index contributed by atoms with van der Waals surface area (Å²) in [6.45, 7) is 3.82. The molecule has 2 rings (SSSR count). The fraction of sp³-hybridized carbons (Fsp3) is 0.308. The highest BCUT2D eigenvalue weighted by Gasteiger charge is 2.12. The Balaban J connectivity index is 1.80. The van der Waals surface area contributed by atoms with Crippen LogP contribution in [-0.4, -0.2) is 11.7 Å². The van der Waals surface area contributed by atoms with E-state index in [0.29, 0.717) is 5.75 Å². The van der Waals surface area contributed by atoms with Gasteiger partial charge in [0.05, 0.1) is 16.0 Å². The number of carbonyl (C=O) groups excluding carboxylic acids is 1. The highest BCUT2D eigenvalue weighted by atomic mass is 32.2. The summed E-state index contributed by atoms with van der Waals surface area (Å²) < 4.78 is 6.64. The first-order chi connectivity index (χ1) is 8.65. The van der Waals surface area contributed by atoms with Crippen LogP contribution in [-0.2, 0) is 4.79 Å². The molecule has 0 radical (unpaired) electrons. The molecule has 0 saturated carbocycles. The van der Waals surface area contributed by atoms with Gasteiger partial charge in [-0.15, -0.1) is 23.1 Å². The van der Waals surface area contributed by atoms with Crippen LogP contribution in [0.2, 0.25) is 0 Å². The predicted molar refractivity (Wildman–Crippen MR) is 75.0 cm³/mol. The van der Waals surface area contributed by atoms with E-state index in [-0.39, 0.29) is 11.9 Å². The molecule has 0 aliphatic carbocycles. The second-order valence-corrected chi connectivity index (χ2v) is 6.18. The Kier molecular flexibility index (Phi) is 4.49. The Bertz CT molecular complexity index is 505. The molecule has 3 nitrogen and oxygen atoms in total. The van der Waals surface area contributed by atoms with Gasteiger partial charge in [0, 0.05) is 0 Å². The molecule has 1 N–H and O–H groups in total. The third kappa shape index (κ3) is 3.65. The largest absolute Gasteiger partial charge is 0.464 e. The molecule has 1 atom stereocenters. The SMILES string of the molecule is Cc1ccc([C@H](C)NC(=O)CSc2cccs2)o1. The van der Waals surface area contributed by atoms with Crippen LogP contribution in [0.15, 0.2) is 38.3 Å². The number of hydrogen-bond donors (Lipinski definition) is 1. The summed E-state index contributed by atoms with van der Waals surface area (Å²) in [5.74, 6) is 2.11. The molecule has 0 aliphatic rings. The van der Waals surface area contributed by atoms with Crippen LogP contribution in [0.1, 0.15) is 24.5 Å². The molecule has 18 heavy (non-hydrogen) atoms. The van der Waals surface area contributed by atoms with Crippen LogP contribution < -0.4 is 5.32 Å². The van der Waals surface area contributed by atoms with Crippen molar-refractivity contribution in [1.29, 1.82) is 0 Å². The van der Waals surface area contributed by atoms with Gasteiger partial charge in [-0.25, -0.2) is 0 Å². The maximum atomic E-state index is 11.8. The number of furan rings is 1. The van der Waals surface area contributed by atoms with Crippen LogP contribution in [0, 0.1) is 6.92 Å². The minimum atomic E-state index is -0.0878. The first-order valence-corrected chi connectivity index (χ1v) is 7.53. The number of thioether (sulfide) groups is 1. The van der Waals surface area contributed by atoms with Crippen molar-refractivity contribution in [1.82, 2.24) is 5.32 Å². The summed E-state index contributed by atoms with van der Waals surface area (Å²) in [7, 11) is 0. The Morgan fingerprint density at radius 1 is 1.50 bits per heavy atom. The third-order valence-corrected chi connectivity index (χ3v) is 4.54. The van der Waals surface area contributed by atoms with Crippen molar-refractivity contribution in [3.63, 3.8) is 0 Å². The highest BCUT2D eigenvalue weighted by Crippen LogP contribution is 2.23. The molecule has 0 unspecified atom stereocenters. The molecular weight excluding hydrogens is 266 g/mol. The second-order valence-electron chi connectivity index (χ2n) is 3.96. The number of nitrogens with one attached hydrogen (secondary N) is 1. The van der Waals surface area contributed by atoms with Gasteiger partial charge in [0.25, 0.3) is 0 Å². The monoisotopic (exact) mass is 281 g/mol. The Labute approximate surface area is 115 Å². The van der Waals surface area contributed by atoms with E-state index in [9.17, 15) is 4.79 Å². The van der Waals surface area contributed by atoms with E-state index in [1.807, 2.05) is 43.5 Å². The summed E-state index contributed by atoms with van der Waals surface area (Å²) in [6, 6.07) is 7.71. The summed E-state index contributed by atoms with van der Waals surface area (Å²) in [6.07, 6.45) is 0. The number of thiophene rings is 1. The summed E-state index contributed by atoms with van der Waals surface area (Å²) in [5, 5.41) is 4.93. The topological polar surface area (TPSA) is 42.2 Å². The van der Waals surface area contributed by atoms with Crippen molar-refractivity contribution in [2.45, 2.75) is 24.1 Å². The van der Waals surface area contributed by atoms with Crippen molar-refractivity contribution in [3.05, 3.63) is 41.2 Å². The van der Waals surface area contributed by atoms with Crippen LogP contribution in [0.5, 0.6) is 0 Å². The lowest BCUT2D eigenvalue weighted by atomic mass is 10.2. The van der Waals surface area contributed by atoms with Crippen molar-refractivity contribution in [2.24, 2.45) is 0 Å². The van der Waals surface area contributed by atoms with Crippen molar-refractivity contribution < 1.29 is 9.21 Å². The molecule has 2 aromatic heterocycles. The lowest BCUT2D eigenvalue weighted by Crippen LogP contribution is -2.27. The fourth-order valence-corrected chi connectivity index (χ4v) is 3.12. The van der Waals surface area contributed by atoms with Gasteiger partial charge in [0.2, 0.25) is 5.91 Å². The summed E-state index contributed by atoms with van der Waals surface area (Å²) >= 11 is 3.20. The lowest BCUT2D eigenvalue weighted by Gasteiger charge is -2.10. The molecule has 1 amide bonds. The zero-order valence-corrected chi connectivity index (χ0v) is 11.9. The molecule has 96 valence electrons. The molecule has 0 bridgehead atoms. The second kappa shape index (κ2) is 6.11. The molecular formula is C13H15NO2S2. The van der Waals surface area contributed by atoms with E-state index in [4.69, 9.17) is 4.42 Å².